The van der Waals surface area contributed by atoms with Crippen molar-refractivity contribution in [2.24, 2.45) is 0 Å². The molecule has 4 rings (SSSR count). The van der Waals surface area contributed by atoms with E-state index in [2.05, 4.69) is 34.9 Å². The minimum absolute atomic E-state index is 0.0257. The third-order valence-corrected chi connectivity index (χ3v) is 5.10. The summed E-state index contributed by atoms with van der Waals surface area (Å²) in [5, 5.41) is 11.2. The molecule has 2 aliphatic rings. The Kier molecular flexibility index (Phi) is 4.83. The molecule has 0 saturated carbocycles. The molecule has 1 fully saturated rings. The molecular formula is C18H25N7O. The van der Waals surface area contributed by atoms with Crippen molar-refractivity contribution in [3.8, 4) is 0 Å². The Morgan fingerprint density at radius 2 is 1.96 bits per heavy atom. The number of hydrogen-bond donors (Lipinski definition) is 1. The maximum atomic E-state index is 12.4. The third kappa shape index (κ3) is 3.70. The largest absolute Gasteiger partial charge is 0.357 e. The highest BCUT2D eigenvalue weighted by molar-refractivity contribution is 5.92. The molecule has 0 atom stereocenters. The molecule has 4 heterocycles. The molecule has 1 amide bonds. The summed E-state index contributed by atoms with van der Waals surface area (Å²) in [5.74, 6) is 2.83. The number of amides is 1. The van der Waals surface area contributed by atoms with Crippen LogP contribution in [0, 0.1) is 6.92 Å². The van der Waals surface area contributed by atoms with Crippen LogP contribution in [-0.2, 0) is 17.9 Å². The first kappa shape index (κ1) is 17.0. The third-order valence-electron chi connectivity index (χ3n) is 5.10. The Balaban J connectivity index is 1.31. The standard InChI is InChI=1S/C18H25N7O/c1-14-21-22-17-12-23(9-10-25(14)17)13-18(26)20-15-5-6-16(19-11-15)24-7-3-2-4-8-24/h5-6,11H,2-4,7-10,12-13H2,1H3,(H,20,26). The first-order chi connectivity index (χ1) is 12.7. The van der Waals surface area contributed by atoms with Gasteiger partial charge in [0.1, 0.15) is 17.5 Å². The second-order valence-corrected chi connectivity index (χ2v) is 7.03. The summed E-state index contributed by atoms with van der Waals surface area (Å²) in [6.07, 6.45) is 5.50. The zero-order valence-corrected chi connectivity index (χ0v) is 15.2. The van der Waals surface area contributed by atoms with Crippen LogP contribution in [0.25, 0.3) is 0 Å². The summed E-state index contributed by atoms with van der Waals surface area (Å²) in [5.41, 5.74) is 0.742. The van der Waals surface area contributed by atoms with Crippen molar-refractivity contribution in [1.29, 1.82) is 0 Å². The number of rotatable bonds is 4. The van der Waals surface area contributed by atoms with Crippen LogP contribution in [0.1, 0.15) is 30.9 Å². The summed E-state index contributed by atoms with van der Waals surface area (Å²) in [6.45, 7) is 6.74. The lowest BCUT2D eigenvalue weighted by Crippen LogP contribution is -2.39. The number of nitrogens with one attached hydrogen (secondary N) is 1. The second kappa shape index (κ2) is 7.41. The van der Waals surface area contributed by atoms with E-state index in [4.69, 9.17) is 0 Å². The van der Waals surface area contributed by atoms with Crippen molar-refractivity contribution < 1.29 is 4.79 Å². The molecule has 0 bridgehead atoms. The number of piperidine rings is 1. The number of fused-ring (bicyclic) bond motifs is 1. The highest BCUT2D eigenvalue weighted by Gasteiger charge is 2.21. The van der Waals surface area contributed by atoms with Crippen molar-refractivity contribution in [1.82, 2.24) is 24.6 Å². The van der Waals surface area contributed by atoms with E-state index < -0.39 is 0 Å². The summed E-state index contributed by atoms with van der Waals surface area (Å²) >= 11 is 0. The number of nitrogens with zero attached hydrogens (tertiary/aromatic N) is 6. The van der Waals surface area contributed by atoms with Gasteiger partial charge in [0.25, 0.3) is 0 Å². The molecule has 26 heavy (non-hydrogen) atoms. The number of carbonyl (C=O) groups excluding carboxylic acids is 1. The molecule has 0 aromatic carbocycles. The Morgan fingerprint density at radius 3 is 2.73 bits per heavy atom. The number of anilines is 2. The lowest BCUT2D eigenvalue weighted by molar-refractivity contribution is -0.117. The average Bonchev–Trinajstić information content (AvgIpc) is 3.03. The van der Waals surface area contributed by atoms with Crippen molar-refractivity contribution in [3.05, 3.63) is 30.0 Å². The van der Waals surface area contributed by atoms with Gasteiger partial charge in [0.05, 0.1) is 25.0 Å². The first-order valence-electron chi connectivity index (χ1n) is 9.31. The molecule has 8 heteroatoms. The summed E-state index contributed by atoms with van der Waals surface area (Å²) < 4.78 is 2.11. The summed E-state index contributed by atoms with van der Waals surface area (Å²) in [4.78, 5) is 21.3. The maximum Gasteiger partial charge on any atom is 0.238 e. The normalized spacial score (nSPS) is 17.8. The monoisotopic (exact) mass is 355 g/mol. The van der Waals surface area contributed by atoms with Gasteiger partial charge in [0.15, 0.2) is 0 Å². The SMILES string of the molecule is Cc1nnc2n1CCN(CC(=O)Nc1ccc(N3CCCCC3)nc1)C2. The topological polar surface area (TPSA) is 79.2 Å². The predicted molar refractivity (Wildman–Crippen MR) is 99.0 cm³/mol. The summed E-state index contributed by atoms with van der Waals surface area (Å²) in [7, 11) is 0. The average molecular weight is 355 g/mol. The van der Waals surface area contributed by atoms with Crippen LogP contribution < -0.4 is 10.2 Å². The van der Waals surface area contributed by atoms with Crippen LogP contribution in [0.15, 0.2) is 18.3 Å². The molecule has 8 nitrogen and oxygen atoms in total. The Hall–Kier alpha value is -2.48. The minimum atomic E-state index is -0.0257. The van der Waals surface area contributed by atoms with Crippen LogP contribution in [0.5, 0.6) is 0 Å². The first-order valence-corrected chi connectivity index (χ1v) is 9.31. The number of aromatic nitrogens is 4. The number of hydrogen-bond acceptors (Lipinski definition) is 6. The molecule has 0 spiro atoms. The van der Waals surface area contributed by atoms with Gasteiger partial charge in [-0.05, 0) is 38.3 Å². The van der Waals surface area contributed by atoms with Crippen molar-refractivity contribution >= 4 is 17.4 Å². The van der Waals surface area contributed by atoms with E-state index in [9.17, 15) is 4.79 Å². The van der Waals surface area contributed by atoms with E-state index in [1.807, 2.05) is 19.1 Å². The molecular weight excluding hydrogens is 330 g/mol. The van der Waals surface area contributed by atoms with Gasteiger partial charge < -0.3 is 14.8 Å². The molecule has 2 aromatic heterocycles. The number of aryl methyl sites for hydroxylation is 1. The highest BCUT2D eigenvalue weighted by atomic mass is 16.2. The van der Waals surface area contributed by atoms with Gasteiger partial charge >= 0.3 is 0 Å². The number of pyridine rings is 1. The van der Waals surface area contributed by atoms with Gasteiger partial charge in [-0.3, -0.25) is 9.69 Å². The van der Waals surface area contributed by atoms with Crippen molar-refractivity contribution in [2.45, 2.75) is 39.3 Å². The summed E-state index contributed by atoms with van der Waals surface area (Å²) in [6, 6.07) is 3.93. The Labute approximate surface area is 153 Å². The van der Waals surface area contributed by atoms with Crippen LogP contribution in [0.2, 0.25) is 0 Å². The van der Waals surface area contributed by atoms with Gasteiger partial charge in [-0.2, -0.15) is 0 Å². The zero-order valence-electron chi connectivity index (χ0n) is 15.2. The van der Waals surface area contributed by atoms with Gasteiger partial charge in [0.2, 0.25) is 5.91 Å². The fourth-order valence-corrected chi connectivity index (χ4v) is 3.66. The van der Waals surface area contributed by atoms with Gasteiger partial charge in [0, 0.05) is 26.2 Å². The maximum absolute atomic E-state index is 12.4. The van der Waals surface area contributed by atoms with Crippen LogP contribution >= 0.6 is 0 Å². The predicted octanol–water partition coefficient (Wildman–Crippen LogP) is 1.43. The van der Waals surface area contributed by atoms with E-state index in [1.165, 1.54) is 19.3 Å². The highest BCUT2D eigenvalue weighted by Crippen LogP contribution is 2.19. The van der Waals surface area contributed by atoms with E-state index in [0.29, 0.717) is 13.1 Å². The van der Waals surface area contributed by atoms with E-state index >= 15 is 0 Å². The molecule has 0 aliphatic carbocycles. The van der Waals surface area contributed by atoms with Crippen LogP contribution in [0.3, 0.4) is 0 Å². The minimum Gasteiger partial charge on any atom is -0.357 e. The molecule has 0 radical (unpaired) electrons. The number of carbonyl (C=O) groups is 1. The van der Waals surface area contributed by atoms with Crippen LogP contribution in [-0.4, -0.2) is 56.7 Å². The van der Waals surface area contributed by atoms with Gasteiger partial charge in [-0.25, -0.2) is 4.98 Å². The molecule has 138 valence electrons. The van der Waals surface area contributed by atoms with Gasteiger partial charge in [-0.1, -0.05) is 0 Å². The Morgan fingerprint density at radius 1 is 1.12 bits per heavy atom. The molecule has 2 aliphatic heterocycles. The van der Waals surface area contributed by atoms with Crippen LogP contribution in [0.4, 0.5) is 11.5 Å². The van der Waals surface area contributed by atoms with Crippen molar-refractivity contribution in [2.75, 3.05) is 36.4 Å². The van der Waals surface area contributed by atoms with Crippen molar-refractivity contribution in [3.63, 3.8) is 0 Å². The van der Waals surface area contributed by atoms with E-state index in [0.717, 1.165) is 49.3 Å². The molecule has 1 N–H and O–H groups in total. The van der Waals surface area contributed by atoms with E-state index in [1.54, 1.807) is 6.20 Å². The lowest BCUT2D eigenvalue weighted by Gasteiger charge is -2.28. The van der Waals surface area contributed by atoms with E-state index in [-0.39, 0.29) is 5.91 Å². The molecule has 2 aromatic rings. The second-order valence-electron chi connectivity index (χ2n) is 7.03. The fraction of sp³-hybridized carbons (Fsp3) is 0.556. The fourth-order valence-electron chi connectivity index (χ4n) is 3.66. The Bertz CT molecular complexity index is 764. The smallest absolute Gasteiger partial charge is 0.238 e. The molecule has 1 saturated heterocycles. The molecule has 0 unspecified atom stereocenters. The quantitative estimate of drug-likeness (QED) is 0.894. The lowest BCUT2D eigenvalue weighted by atomic mass is 10.1. The van der Waals surface area contributed by atoms with Gasteiger partial charge in [-0.15, -0.1) is 10.2 Å². The zero-order chi connectivity index (χ0) is 17.9.